The molecule has 0 aromatic carbocycles. The molecule has 134 valence electrons. The van der Waals surface area contributed by atoms with E-state index in [-0.39, 0.29) is 23.9 Å². The summed E-state index contributed by atoms with van der Waals surface area (Å²) in [4.78, 5) is 34.0. The maximum atomic E-state index is 13.0. The van der Waals surface area contributed by atoms with E-state index in [1.165, 1.54) is 0 Å². The first kappa shape index (κ1) is 17.5. The molecule has 0 bridgehead atoms. The van der Waals surface area contributed by atoms with Crippen LogP contribution in [-0.4, -0.2) is 27.3 Å². The number of nitrogens with zero attached hydrogens (tertiary/aromatic N) is 2. The van der Waals surface area contributed by atoms with E-state index in [9.17, 15) is 9.59 Å². The van der Waals surface area contributed by atoms with Crippen LogP contribution in [0.1, 0.15) is 54.4 Å². The monoisotopic (exact) mass is 343 g/mol. The zero-order chi connectivity index (χ0) is 18.1. The lowest BCUT2D eigenvalue weighted by molar-refractivity contribution is -0.135. The normalized spacial score (nSPS) is 20.7. The number of rotatable bonds is 3. The largest absolute Gasteiger partial charge is 0.464 e. The van der Waals surface area contributed by atoms with Crippen LogP contribution in [0.5, 0.6) is 0 Å². The zero-order valence-corrected chi connectivity index (χ0v) is 15.3. The van der Waals surface area contributed by atoms with Crippen LogP contribution in [0.4, 0.5) is 0 Å². The van der Waals surface area contributed by atoms with Gasteiger partial charge in [0.1, 0.15) is 17.3 Å². The second kappa shape index (κ2) is 6.86. The van der Waals surface area contributed by atoms with E-state index in [4.69, 9.17) is 4.42 Å². The molecule has 1 amide bonds. The Labute approximate surface area is 147 Å². The SMILES string of the molecule is Cc1nc(C)c(CC(=O)N2CCC(C)CC2c2ccc(C)o2)c(=O)[nH]1. The third kappa shape index (κ3) is 3.67. The molecule has 0 radical (unpaired) electrons. The third-order valence-corrected chi connectivity index (χ3v) is 4.94. The molecule has 6 nitrogen and oxygen atoms in total. The van der Waals surface area contributed by atoms with Crippen molar-refractivity contribution >= 4 is 5.91 Å². The second-order valence-corrected chi connectivity index (χ2v) is 7.07. The van der Waals surface area contributed by atoms with E-state index in [1.54, 1.807) is 13.8 Å². The first-order valence-electron chi connectivity index (χ1n) is 8.77. The first-order valence-corrected chi connectivity index (χ1v) is 8.77. The van der Waals surface area contributed by atoms with Crippen molar-refractivity contribution in [2.24, 2.45) is 5.92 Å². The Morgan fingerprint density at radius 2 is 2.12 bits per heavy atom. The average Bonchev–Trinajstić information content (AvgIpc) is 2.97. The molecule has 0 saturated carbocycles. The fraction of sp³-hybridized carbons (Fsp3) is 0.526. The summed E-state index contributed by atoms with van der Waals surface area (Å²) in [5.41, 5.74) is 0.836. The molecule has 25 heavy (non-hydrogen) atoms. The lowest BCUT2D eigenvalue weighted by Crippen LogP contribution is -2.42. The number of H-pyrrole nitrogens is 1. The maximum absolute atomic E-state index is 13.0. The summed E-state index contributed by atoms with van der Waals surface area (Å²) in [7, 11) is 0. The molecular formula is C19H25N3O3. The highest BCUT2D eigenvalue weighted by atomic mass is 16.3. The Morgan fingerprint density at radius 3 is 2.76 bits per heavy atom. The van der Waals surface area contributed by atoms with Crippen molar-refractivity contribution in [3.63, 3.8) is 0 Å². The van der Waals surface area contributed by atoms with Gasteiger partial charge in [0.25, 0.3) is 5.56 Å². The van der Waals surface area contributed by atoms with Crippen LogP contribution in [0, 0.1) is 26.7 Å². The van der Waals surface area contributed by atoms with Crippen LogP contribution in [0.25, 0.3) is 0 Å². The van der Waals surface area contributed by atoms with Gasteiger partial charge >= 0.3 is 0 Å². The van der Waals surface area contributed by atoms with E-state index in [0.29, 0.717) is 29.5 Å². The van der Waals surface area contributed by atoms with Crippen LogP contribution in [0.15, 0.2) is 21.3 Å². The number of carbonyl (C=O) groups is 1. The van der Waals surface area contributed by atoms with Gasteiger partial charge < -0.3 is 14.3 Å². The smallest absolute Gasteiger partial charge is 0.254 e. The van der Waals surface area contributed by atoms with Gasteiger partial charge in [-0.25, -0.2) is 4.98 Å². The fourth-order valence-electron chi connectivity index (χ4n) is 3.55. The van der Waals surface area contributed by atoms with Crippen LogP contribution in [0.2, 0.25) is 0 Å². The molecule has 2 aromatic heterocycles. The minimum Gasteiger partial charge on any atom is -0.464 e. The van der Waals surface area contributed by atoms with Crippen LogP contribution in [0.3, 0.4) is 0 Å². The molecule has 1 fully saturated rings. The first-order chi connectivity index (χ1) is 11.8. The number of aromatic nitrogens is 2. The highest BCUT2D eigenvalue weighted by Gasteiger charge is 2.33. The Kier molecular flexibility index (Phi) is 4.79. The molecule has 0 spiro atoms. The van der Waals surface area contributed by atoms with Gasteiger partial charge in [0.2, 0.25) is 5.91 Å². The van der Waals surface area contributed by atoms with Gasteiger partial charge in [-0.1, -0.05) is 6.92 Å². The number of aromatic amines is 1. The highest BCUT2D eigenvalue weighted by molar-refractivity contribution is 5.79. The number of hydrogen-bond acceptors (Lipinski definition) is 4. The predicted molar refractivity (Wildman–Crippen MR) is 94.3 cm³/mol. The Hall–Kier alpha value is -2.37. The van der Waals surface area contributed by atoms with Crippen molar-refractivity contribution in [1.82, 2.24) is 14.9 Å². The van der Waals surface area contributed by atoms with Gasteiger partial charge in [-0.15, -0.1) is 0 Å². The Morgan fingerprint density at radius 1 is 1.36 bits per heavy atom. The van der Waals surface area contributed by atoms with Crippen molar-refractivity contribution in [2.45, 2.75) is 53.0 Å². The molecule has 3 rings (SSSR count). The fourth-order valence-corrected chi connectivity index (χ4v) is 3.55. The molecular weight excluding hydrogens is 318 g/mol. The van der Waals surface area contributed by atoms with Gasteiger partial charge in [0.15, 0.2) is 0 Å². The number of amides is 1. The summed E-state index contributed by atoms with van der Waals surface area (Å²) in [6.07, 6.45) is 1.91. The lowest BCUT2D eigenvalue weighted by Gasteiger charge is -2.37. The minimum atomic E-state index is -0.228. The van der Waals surface area contributed by atoms with E-state index in [2.05, 4.69) is 16.9 Å². The van der Waals surface area contributed by atoms with Gasteiger partial charge in [-0.05, 0) is 51.7 Å². The molecule has 2 atom stereocenters. The standard InChI is InChI=1S/C19H25N3O3/c1-11-7-8-22(16(9-11)17-6-5-12(2)25-17)18(23)10-15-13(3)20-14(4)21-19(15)24/h5-6,11,16H,7-10H2,1-4H3,(H,20,21,24). The maximum Gasteiger partial charge on any atom is 0.254 e. The molecule has 1 N–H and O–H groups in total. The third-order valence-electron chi connectivity index (χ3n) is 4.94. The topological polar surface area (TPSA) is 79.2 Å². The molecule has 0 aliphatic carbocycles. The molecule has 3 heterocycles. The van der Waals surface area contributed by atoms with E-state index in [0.717, 1.165) is 24.4 Å². The Balaban J connectivity index is 1.86. The molecule has 6 heteroatoms. The number of likely N-dealkylation sites (tertiary alicyclic amines) is 1. The molecule has 2 aromatic rings. The summed E-state index contributed by atoms with van der Waals surface area (Å²) in [6, 6.07) is 3.81. The lowest BCUT2D eigenvalue weighted by atomic mass is 9.90. The predicted octanol–water partition coefficient (Wildman–Crippen LogP) is 2.83. The summed E-state index contributed by atoms with van der Waals surface area (Å²) in [5, 5.41) is 0. The highest BCUT2D eigenvalue weighted by Crippen LogP contribution is 2.35. The van der Waals surface area contributed by atoms with Crippen LogP contribution >= 0.6 is 0 Å². The molecule has 1 saturated heterocycles. The average molecular weight is 343 g/mol. The second-order valence-electron chi connectivity index (χ2n) is 7.07. The minimum absolute atomic E-state index is 0.0507. The van der Waals surface area contributed by atoms with E-state index in [1.807, 2.05) is 24.0 Å². The van der Waals surface area contributed by atoms with Gasteiger partial charge in [-0.2, -0.15) is 0 Å². The number of hydrogen-bond donors (Lipinski definition) is 1. The molecule has 2 unspecified atom stereocenters. The Bertz CT molecular complexity index is 837. The van der Waals surface area contributed by atoms with E-state index >= 15 is 0 Å². The number of furan rings is 1. The summed E-state index contributed by atoms with van der Waals surface area (Å²) in [6.45, 7) is 8.30. The van der Waals surface area contributed by atoms with Gasteiger partial charge in [0, 0.05) is 17.8 Å². The number of carbonyl (C=O) groups excluding carboxylic acids is 1. The number of piperidine rings is 1. The summed E-state index contributed by atoms with van der Waals surface area (Å²) < 4.78 is 5.79. The van der Waals surface area contributed by atoms with Crippen molar-refractivity contribution in [3.05, 3.63) is 51.1 Å². The van der Waals surface area contributed by atoms with Crippen molar-refractivity contribution in [2.75, 3.05) is 6.54 Å². The quantitative estimate of drug-likeness (QED) is 0.929. The van der Waals surface area contributed by atoms with Gasteiger partial charge in [-0.3, -0.25) is 9.59 Å². The van der Waals surface area contributed by atoms with Crippen molar-refractivity contribution in [1.29, 1.82) is 0 Å². The number of aryl methyl sites for hydroxylation is 3. The summed E-state index contributed by atoms with van der Waals surface area (Å²) >= 11 is 0. The molecule has 1 aliphatic heterocycles. The van der Waals surface area contributed by atoms with Crippen molar-refractivity contribution in [3.8, 4) is 0 Å². The number of nitrogens with one attached hydrogen (secondary N) is 1. The van der Waals surface area contributed by atoms with E-state index < -0.39 is 0 Å². The molecule has 1 aliphatic rings. The van der Waals surface area contributed by atoms with Crippen molar-refractivity contribution < 1.29 is 9.21 Å². The summed E-state index contributed by atoms with van der Waals surface area (Å²) in [5.74, 6) is 2.71. The van der Waals surface area contributed by atoms with Crippen LogP contribution in [-0.2, 0) is 11.2 Å². The van der Waals surface area contributed by atoms with Gasteiger partial charge in [0.05, 0.1) is 12.5 Å². The zero-order valence-electron chi connectivity index (χ0n) is 15.3. The van der Waals surface area contributed by atoms with Crippen LogP contribution < -0.4 is 5.56 Å².